The number of amides is 1. The molecular formula is C33H27N5O6S. The molecule has 3 aromatic heterocycles. The SMILES string of the molecule is COc1cnc2c(-c3nc4c(C)cc5c(c4s3)OCC(COC(=O)Nc3ccc(Oc4ccccc4)nc3)O5)cc(C)cc2n1. The van der Waals surface area contributed by atoms with E-state index in [-0.39, 0.29) is 13.2 Å². The Bertz CT molecular complexity index is 2030. The van der Waals surface area contributed by atoms with Crippen LogP contribution < -0.4 is 24.3 Å². The van der Waals surface area contributed by atoms with Crippen LogP contribution in [0, 0.1) is 13.8 Å². The lowest BCUT2D eigenvalue weighted by atomic mass is 10.1. The van der Waals surface area contributed by atoms with Crippen molar-refractivity contribution in [1.29, 1.82) is 0 Å². The molecule has 0 spiro atoms. The van der Waals surface area contributed by atoms with Crippen molar-refractivity contribution in [2.75, 3.05) is 25.6 Å². The number of carbonyl (C=O) groups is 1. The van der Waals surface area contributed by atoms with E-state index >= 15 is 0 Å². The Hall–Kier alpha value is -5.49. The lowest BCUT2D eigenvalue weighted by Crippen LogP contribution is -2.35. The van der Waals surface area contributed by atoms with Crippen molar-refractivity contribution in [3.05, 3.63) is 84.2 Å². The number of aryl methyl sites for hydroxylation is 2. The molecular weight excluding hydrogens is 594 g/mol. The molecule has 3 aromatic carbocycles. The number of nitrogens with zero attached hydrogens (tertiary/aromatic N) is 4. The van der Waals surface area contributed by atoms with Gasteiger partial charge in [0.15, 0.2) is 17.6 Å². The first-order chi connectivity index (χ1) is 21.9. The number of fused-ring (bicyclic) bond motifs is 4. The highest BCUT2D eigenvalue weighted by atomic mass is 32.1. The van der Waals surface area contributed by atoms with Crippen LogP contribution in [0.5, 0.6) is 29.0 Å². The number of benzene rings is 3. The first-order valence-corrected chi connectivity index (χ1v) is 14.9. The fourth-order valence-electron chi connectivity index (χ4n) is 4.95. The second-order valence-electron chi connectivity index (χ2n) is 10.4. The lowest BCUT2D eigenvalue weighted by molar-refractivity contribution is 0.0383. The fraction of sp³-hybridized carbons (Fsp3) is 0.182. The molecule has 0 bridgehead atoms. The number of aromatic nitrogens is 4. The molecule has 1 atom stereocenters. The fourth-order valence-corrected chi connectivity index (χ4v) is 6.10. The summed E-state index contributed by atoms with van der Waals surface area (Å²) in [6, 6.07) is 18.6. The summed E-state index contributed by atoms with van der Waals surface area (Å²) >= 11 is 1.51. The van der Waals surface area contributed by atoms with Gasteiger partial charge in [-0.05, 0) is 61.4 Å². The van der Waals surface area contributed by atoms with Gasteiger partial charge in [0.2, 0.25) is 11.8 Å². The van der Waals surface area contributed by atoms with Crippen LogP contribution >= 0.6 is 11.3 Å². The maximum atomic E-state index is 12.5. The van der Waals surface area contributed by atoms with Crippen molar-refractivity contribution in [3.63, 3.8) is 0 Å². The van der Waals surface area contributed by atoms with E-state index in [4.69, 9.17) is 28.7 Å². The zero-order valence-electron chi connectivity index (χ0n) is 24.6. The Morgan fingerprint density at radius 1 is 1.00 bits per heavy atom. The van der Waals surface area contributed by atoms with Crippen molar-refractivity contribution in [3.8, 4) is 39.6 Å². The van der Waals surface area contributed by atoms with Crippen LogP contribution in [0.2, 0.25) is 0 Å². The molecule has 6 aromatic rings. The highest BCUT2D eigenvalue weighted by molar-refractivity contribution is 7.22. The van der Waals surface area contributed by atoms with E-state index in [1.807, 2.05) is 56.3 Å². The Morgan fingerprint density at radius 2 is 1.87 bits per heavy atom. The van der Waals surface area contributed by atoms with Crippen LogP contribution in [0.4, 0.5) is 10.5 Å². The maximum Gasteiger partial charge on any atom is 0.411 e. The molecule has 7 rings (SSSR count). The molecule has 0 radical (unpaired) electrons. The van der Waals surface area contributed by atoms with Crippen LogP contribution in [0.1, 0.15) is 11.1 Å². The number of nitrogens with one attached hydrogen (secondary N) is 1. The Morgan fingerprint density at radius 3 is 2.67 bits per heavy atom. The second kappa shape index (κ2) is 11.9. The zero-order valence-corrected chi connectivity index (χ0v) is 25.4. The molecule has 1 unspecified atom stereocenters. The number of thiazole rings is 1. The number of para-hydroxylation sites is 1. The third-order valence-corrected chi connectivity index (χ3v) is 8.13. The normalized spacial score (nSPS) is 13.9. The van der Waals surface area contributed by atoms with E-state index in [2.05, 4.69) is 26.3 Å². The summed E-state index contributed by atoms with van der Waals surface area (Å²) in [6.45, 7) is 4.19. The van der Waals surface area contributed by atoms with E-state index in [1.165, 1.54) is 17.5 Å². The smallest absolute Gasteiger partial charge is 0.411 e. The van der Waals surface area contributed by atoms with Crippen molar-refractivity contribution in [1.82, 2.24) is 19.9 Å². The molecule has 11 nitrogen and oxygen atoms in total. The van der Waals surface area contributed by atoms with E-state index in [1.54, 1.807) is 25.4 Å². The zero-order chi connectivity index (χ0) is 30.9. The molecule has 45 heavy (non-hydrogen) atoms. The van der Waals surface area contributed by atoms with E-state index in [9.17, 15) is 4.79 Å². The first kappa shape index (κ1) is 28.3. The summed E-state index contributed by atoms with van der Waals surface area (Å²) < 4.78 is 29.6. The summed E-state index contributed by atoms with van der Waals surface area (Å²) in [5.41, 5.74) is 5.64. The van der Waals surface area contributed by atoms with Gasteiger partial charge in [-0.2, -0.15) is 0 Å². The minimum atomic E-state index is -0.632. The van der Waals surface area contributed by atoms with Gasteiger partial charge in [0.05, 0.1) is 41.7 Å². The van der Waals surface area contributed by atoms with Gasteiger partial charge in [-0.25, -0.2) is 24.7 Å². The second-order valence-corrected chi connectivity index (χ2v) is 11.4. The molecule has 1 amide bonds. The largest absolute Gasteiger partial charge is 0.484 e. The minimum Gasteiger partial charge on any atom is -0.484 e. The summed E-state index contributed by atoms with van der Waals surface area (Å²) in [7, 11) is 1.57. The number of hydrogen-bond donors (Lipinski definition) is 1. The number of carbonyl (C=O) groups excluding carboxylic acids is 1. The Labute approximate surface area is 261 Å². The Kier molecular flexibility index (Phi) is 7.47. The van der Waals surface area contributed by atoms with Gasteiger partial charge in [0.1, 0.15) is 28.7 Å². The van der Waals surface area contributed by atoms with E-state index in [0.717, 1.165) is 42.9 Å². The number of methoxy groups -OCH3 is 1. The third-order valence-electron chi connectivity index (χ3n) is 7.04. The van der Waals surface area contributed by atoms with E-state index < -0.39 is 12.2 Å². The molecule has 226 valence electrons. The molecule has 0 fully saturated rings. The van der Waals surface area contributed by atoms with Crippen LogP contribution in [-0.2, 0) is 4.74 Å². The quantitative estimate of drug-likeness (QED) is 0.197. The predicted molar refractivity (Wildman–Crippen MR) is 170 cm³/mol. The average molecular weight is 622 g/mol. The number of hydrogen-bond acceptors (Lipinski definition) is 11. The van der Waals surface area contributed by atoms with Gasteiger partial charge >= 0.3 is 6.09 Å². The van der Waals surface area contributed by atoms with Crippen LogP contribution in [0.3, 0.4) is 0 Å². The van der Waals surface area contributed by atoms with Crippen molar-refractivity contribution < 1.29 is 28.5 Å². The predicted octanol–water partition coefficient (Wildman–Crippen LogP) is 7.11. The monoisotopic (exact) mass is 621 g/mol. The number of ether oxygens (including phenoxy) is 5. The molecule has 1 N–H and O–H groups in total. The van der Waals surface area contributed by atoms with Crippen molar-refractivity contribution in [2.45, 2.75) is 20.0 Å². The average Bonchev–Trinajstić information content (AvgIpc) is 3.51. The first-order valence-electron chi connectivity index (χ1n) is 14.1. The Balaban J connectivity index is 1.03. The van der Waals surface area contributed by atoms with E-state index in [0.29, 0.717) is 34.7 Å². The van der Waals surface area contributed by atoms with Crippen LogP contribution in [0.25, 0.3) is 31.8 Å². The van der Waals surface area contributed by atoms with Crippen molar-refractivity contribution in [2.24, 2.45) is 0 Å². The molecule has 0 saturated heterocycles. The molecule has 4 heterocycles. The molecule has 1 aliphatic heterocycles. The maximum absolute atomic E-state index is 12.5. The summed E-state index contributed by atoms with van der Waals surface area (Å²) in [5, 5.41) is 3.47. The van der Waals surface area contributed by atoms with Crippen molar-refractivity contribution >= 4 is 44.4 Å². The minimum absolute atomic E-state index is 0.00363. The highest BCUT2D eigenvalue weighted by Crippen LogP contribution is 2.46. The third kappa shape index (κ3) is 5.87. The molecule has 1 aliphatic rings. The topological polar surface area (TPSA) is 127 Å². The van der Waals surface area contributed by atoms with Gasteiger partial charge in [0, 0.05) is 11.6 Å². The number of pyridine rings is 1. The highest BCUT2D eigenvalue weighted by Gasteiger charge is 2.27. The summed E-state index contributed by atoms with van der Waals surface area (Å²) in [4.78, 5) is 30.8. The van der Waals surface area contributed by atoms with Gasteiger partial charge in [0.25, 0.3) is 0 Å². The van der Waals surface area contributed by atoms with Gasteiger partial charge in [-0.3, -0.25) is 5.32 Å². The molecule has 0 aliphatic carbocycles. The van der Waals surface area contributed by atoms with Crippen LogP contribution in [-0.4, -0.2) is 52.5 Å². The van der Waals surface area contributed by atoms with Gasteiger partial charge in [-0.1, -0.05) is 18.2 Å². The van der Waals surface area contributed by atoms with Gasteiger partial charge in [-0.15, -0.1) is 11.3 Å². The lowest BCUT2D eigenvalue weighted by Gasteiger charge is -2.26. The summed E-state index contributed by atoms with van der Waals surface area (Å²) in [5.74, 6) is 2.73. The summed E-state index contributed by atoms with van der Waals surface area (Å²) in [6.07, 6.45) is 1.98. The standard InChI is InChI=1S/C33H27N5O6S/c1-18-11-23(29-24(12-18)37-27(40-3)15-35-29)32-38-28-19(2)13-25-30(31(28)45-32)41-16-22(43-25)17-42-33(39)36-20-9-10-26(34-14-20)44-21-7-5-4-6-8-21/h4-15,22H,16-17H2,1-3H3,(H,36,39). The molecule has 0 saturated carbocycles. The number of rotatable bonds is 7. The molecule has 12 heteroatoms. The van der Waals surface area contributed by atoms with Crippen LogP contribution in [0.15, 0.2) is 73.1 Å². The number of anilines is 1. The van der Waals surface area contributed by atoms with Gasteiger partial charge < -0.3 is 23.7 Å².